The van der Waals surface area contributed by atoms with Crippen molar-refractivity contribution in [1.29, 1.82) is 0 Å². The molecule has 1 heterocycles. The van der Waals surface area contributed by atoms with E-state index in [9.17, 15) is 9.59 Å². The highest BCUT2D eigenvalue weighted by molar-refractivity contribution is 5.98. The van der Waals surface area contributed by atoms with Crippen LogP contribution in [-0.2, 0) is 6.54 Å². The Morgan fingerprint density at radius 3 is 2.10 bits per heavy atom. The van der Waals surface area contributed by atoms with Crippen LogP contribution in [0.2, 0.25) is 0 Å². The summed E-state index contributed by atoms with van der Waals surface area (Å²) in [6.45, 7) is 2.48. The average molecular weight is 416 g/mol. The Labute approximate surface area is 183 Å². The van der Waals surface area contributed by atoms with Crippen LogP contribution in [0.5, 0.6) is 0 Å². The maximum Gasteiger partial charge on any atom is 0.277 e. The molecule has 0 bridgehead atoms. The lowest BCUT2D eigenvalue weighted by Crippen LogP contribution is -2.40. The Balaban J connectivity index is 1.89. The van der Waals surface area contributed by atoms with Crippen LogP contribution in [0, 0.1) is 0 Å². The summed E-state index contributed by atoms with van der Waals surface area (Å²) in [7, 11) is 0. The number of benzene rings is 2. The molecule has 0 aliphatic heterocycles. The molecule has 3 aromatic rings. The monoisotopic (exact) mass is 415 g/mol. The first-order chi connectivity index (χ1) is 15.2. The second-order valence-electron chi connectivity index (χ2n) is 8.15. The Morgan fingerprint density at radius 1 is 0.935 bits per heavy atom. The van der Waals surface area contributed by atoms with Gasteiger partial charge in [-0.15, -0.1) is 0 Å². The number of amides is 1. The molecule has 1 aromatic heterocycles. The van der Waals surface area contributed by atoms with Crippen molar-refractivity contribution < 1.29 is 4.79 Å². The molecule has 1 saturated carbocycles. The number of hydrogen-bond donors (Lipinski definition) is 1. The molecule has 0 saturated heterocycles. The maximum absolute atomic E-state index is 13.5. The van der Waals surface area contributed by atoms with E-state index in [1.165, 1.54) is 6.42 Å². The van der Waals surface area contributed by atoms with E-state index in [-0.39, 0.29) is 17.5 Å². The molecule has 2 aromatic carbocycles. The van der Waals surface area contributed by atoms with Gasteiger partial charge in [0.1, 0.15) is 17.1 Å². The SMILES string of the molecule is CCCn1c(C(=O)NC2CCCCC2)c(-c2ccccc2)nc(-c2ccccc2)c1=O. The van der Waals surface area contributed by atoms with Gasteiger partial charge in [0.25, 0.3) is 11.5 Å². The van der Waals surface area contributed by atoms with Gasteiger partial charge in [0.15, 0.2) is 0 Å². The zero-order valence-corrected chi connectivity index (χ0v) is 18.0. The topological polar surface area (TPSA) is 64.0 Å². The molecule has 0 spiro atoms. The Kier molecular flexibility index (Phi) is 6.60. The molecule has 1 amide bonds. The highest BCUT2D eigenvalue weighted by Crippen LogP contribution is 2.25. The molecule has 0 radical (unpaired) electrons. The highest BCUT2D eigenvalue weighted by Gasteiger charge is 2.26. The Hall–Kier alpha value is -3.21. The standard InChI is InChI=1S/C26H29N3O2/c1-2-18-29-24(25(30)27-21-16-10-5-11-17-21)22(19-12-6-3-7-13-19)28-23(26(29)31)20-14-8-4-9-15-20/h3-4,6-9,12-15,21H,2,5,10-11,16-18H2,1H3,(H,27,30). The predicted octanol–water partition coefficient (Wildman–Crippen LogP) is 5.05. The summed E-state index contributed by atoms with van der Waals surface area (Å²) < 4.78 is 1.62. The van der Waals surface area contributed by atoms with Gasteiger partial charge in [0, 0.05) is 23.7 Å². The fourth-order valence-corrected chi connectivity index (χ4v) is 4.32. The first-order valence-corrected chi connectivity index (χ1v) is 11.3. The zero-order chi connectivity index (χ0) is 21.6. The van der Waals surface area contributed by atoms with E-state index < -0.39 is 0 Å². The largest absolute Gasteiger partial charge is 0.348 e. The van der Waals surface area contributed by atoms with Gasteiger partial charge in [-0.2, -0.15) is 0 Å². The van der Waals surface area contributed by atoms with Crippen LogP contribution in [0.3, 0.4) is 0 Å². The van der Waals surface area contributed by atoms with Crippen molar-refractivity contribution >= 4 is 5.91 Å². The lowest BCUT2D eigenvalue weighted by Gasteiger charge is -2.24. The molecular formula is C26H29N3O2. The van der Waals surface area contributed by atoms with Crippen LogP contribution < -0.4 is 10.9 Å². The molecule has 1 aliphatic carbocycles. The van der Waals surface area contributed by atoms with E-state index in [0.717, 1.165) is 43.2 Å². The number of rotatable bonds is 6. The number of nitrogens with zero attached hydrogens (tertiary/aromatic N) is 2. The number of carbonyl (C=O) groups excluding carboxylic acids is 1. The summed E-state index contributed by atoms with van der Waals surface area (Å²) in [6.07, 6.45) is 6.19. The third-order valence-corrected chi connectivity index (χ3v) is 5.86. The molecule has 1 N–H and O–H groups in total. The van der Waals surface area contributed by atoms with Gasteiger partial charge in [-0.1, -0.05) is 86.8 Å². The van der Waals surface area contributed by atoms with E-state index in [4.69, 9.17) is 4.98 Å². The van der Waals surface area contributed by atoms with Crippen molar-refractivity contribution in [2.24, 2.45) is 0 Å². The third-order valence-electron chi connectivity index (χ3n) is 5.86. The molecular weight excluding hydrogens is 386 g/mol. The van der Waals surface area contributed by atoms with Crippen LogP contribution >= 0.6 is 0 Å². The van der Waals surface area contributed by atoms with Crippen LogP contribution in [-0.4, -0.2) is 21.5 Å². The minimum atomic E-state index is -0.221. The highest BCUT2D eigenvalue weighted by atomic mass is 16.2. The number of nitrogens with one attached hydrogen (secondary N) is 1. The average Bonchev–Trinajstić information content (AvgIpc) is 2.82. The van der Waals surface area contributed by atoms with Gasteiger partial charge in [0.2, 0.25) is 0 Å². The molecule has 160 valence electrons. The number of carbonyl (C=O) groups is 1. The van der Waals surface area contributed by atoms with Crippen molar-refractivity contribution in [3.8, 4) is 22.5 Å². The van der Waals surface area contributed by atoms with E-state index in [2.05, 4.69) is 5.32 Å². The number of aromatic nitrogens is 2. The molecule has 5 nitrogen and oxygen atoms in total. The lowest BCUT2D eigenvalue weighted by atomic mass is 9.95. The van der Waals surface area contributed by atoms with E-state index >= 15 is 0 Å². The molecule has 1 fully saturated rings. The fraction of sp³-hybridized carbons (Fsp3) is 0.346. The summed E-state index contributed by atoms with van der Waals surface area (Å²) >= 11 is 0. The smallest absolute Gasteiger partial charge is 0.277 e. The quantitative estimate of drug-likeness (QED) is 0.613. The van der Waals surface area contributed by atoms with Gasteiger partial charge in [-0.05, 0) is 19.3 Å². The van der Waals surface area contributed by atoms with Crippen LogP contribution in [0.4, 0.5) is 0 Å². The summed E-state index contributed by atoms with van der Waals surface area (Å²) in [4.78, 5) is 31.7. The van der Waals surface area contributed by atoms with Crippen LogP contribution in [0.15, 0.2) is 65.5 Å². The Bertz CT molecular complexity index is 1080. The minimum absolute atomic E-state index is 0.156. The van der Waals surface area contributed by atoms with Gasteiger partial charge in [-0.3, -0.25) is 9.59 Å². The van der Waals surface area contributed by atoms with Gasteiger partial charge < -0.3 is 9.88 Å². The van der Waals surface area contributed by atoms with E-state index in [1.54, 1.807) is 4.57 Å². The predicted molar refractivity (Wildman–Crippen MR) is 124 cm³/mol. The lowest BCUT2D eigenvalue weighted by molar-refractivity contribution is 0.0917. The summed E-state index contributed by atoms with van der Waals surface area (Å²) in [5.74, 6) is -0.205. The van der Waals surface area contributed by atoms with Gasteiger partial charge >= 0.3 is 0 Å². The van der Waals surface area contributed by atoms with Gasteiger partial charge in [-0.25, -0.2) is 4.98 Å². The van der Waals surface area contributed by atoms with Crippen molar-refractivity contribution in [3.63, 3.8) is 0 Å². The number of hydrogen-bond acceptors (Lipinski definition) is 3. The summed E-state index contributed by atoms with van der Waals surface area (Å²) in [5.41, 5.74) is 2.67. The molecule has 1 aliphatic rings. The second-order valence-corrected chi connectivity index (χ2v) is 8.15. The minimum Gasteiger partial charge on any atom is -0.348 e. The summed E-state index contributed by atoms with van der Waals surface area (Å²) in [5, 5.41) is 3.19. The fourth-order valence-electron chi connectivity index (χ4n) is 4.32. The second kappa shape index (κ2) is 9.73. The van der Waals surface area contributed by atoms with E-state index in [1.807, 2.05) is 67.6 Å². The van der Waals surface area contributed by atoms with Crippen molar-refractivity contribution in [3.05, 3.63) is 76.7 Å². The molecule has 0 atom stereocenters. The van der Waals surface area contributed by atoms with Gasteiger partial charge in [0.05, 0.1) is 0 Å². The Morgan fingerprint density at radius 2 is 1.52 bits per heavy atom. The van der Waals surface area contributed by atoms with E-state index in [0.29, 0.717) is 23.6 Å². The first-order valence-electron chi connectivity index (χ1n) is 11.3. The summed E-state index contributed by atoms with van der Waals surface area (Å²) in [6, 6.07) is 19.3. The van der Waals surface area contributed by atoms with Crippen molar-refractivity contribution in [2.45, 2.75) is 58.0 Å². The third kappa shape index (κ3) is 4.61. The first kappa shape index (κ1) is 21.0. The van der Waals surface area contributed by atoms with Crippen LogP contribution in [0.25, 0.3) is 22.5 Å². The maximum atomic E-state index is 13.5. The molecule has 0 unspecified atom stereocenters. The van der Waals surface area contributed by atoms with Crippen molar-refractivity contribution in [1.82, 2.24) is 14.9 Å². The molecule has 5 heteroatoms. The molecule has 31 heavy (non-hydrogen) atoms. The normalized spacial score (nSPS) is 14.4. The molecule has 4 rings (SSSR count). The zero-order valence-electron chi connectivity index (χ0n) is 18.0. The van der Waals surface area contributed by atoms with Crippen LogP contribution in [0.1, 0.15) is 55.9 Å². The van der Waals surface area contributed by atoms with Crippen molar-refractivity contribution in [2.75, 3.05) is 0 Å².